The quantitative estimate of drug-likeness (QED) is 0.696. The van der Waals surface area contributed by atoms with E-state index in [0.717, 1.165) is 12.8 Å². The first-order valence-electron chi connectivity index (χ1n) is 4.93. The fourth-order valence-corrected chi connectivity index (χ4v) is 1.80. The molecule has 0 spiro atoms. The summed E-state index contributed by atoms with van der Waals surface area (Å²) in [7, 11) is 0. The van der Waals surface area contributed by atoms with Crippen LogP contribution in [0.5, 0.6) is 0 Å². The van der Waals surface area contributed by atoms with Crippen LogP contribution in [-0.2, 0) is 0 Å². The van der Waals surface area contributed by atoms with Crippen molar-refractivity contribution in [3.63, 3.8) is 0 Å². The molecule has 0 aromatic heterocycles. The molecule has 68 valence electrons. The Morgan fingerprint density at radius 1 is 1.58 bits per heavy atom. The van der Waals surface area contributed by atoms with Gasteiger partial charge in [0.05, 0.1) is 12.0 Å². The summed E-state index contributed by atoms with van der Waals surface area (Å²) in [5.74, 6) is 0.263. The molecule has 3 atom stereocenters. The van der Waals surface area contributed by atoms with E-state index in [1.54, 1.807) is 0 Å². The van der Waals surface area contributed by atoms with Crippen LogP contribution < -0.4 is 5.32 Å². The molecule has 0 heterocycles. The summed E-state index contributed by atoms with van der Waals surface area (Å²) in [5.41, 5.74) is 0. The van der Waals surface area contributed by atoms with Gasteiger partial charge >= 0.3 is 0 Å². The maximum Gasteiger partial charge on any atom is 0.0672 e. The highest BCUT2D eigenvalue weighted by atomic mass is 15.0. The molecular formula is C10H18N2. The van der Waals surface area contributed by atoms with Crippen LogP contribution >= 0.6 is 0 Å². The Balaban J connectivity index is 2.36. The fraction of sp³-hybridized carbons (Fsp3) is 0.900. The maximum absolute atomic E-state index is 8.83. The molecule has 0 bridgehead atoms. The standard InChI is InChI=1S/C10H18N2/c1-3-8(2)12-10-6-4-5-9(10)7-11/h8-10,12H,3-6H2,1-2H3/t8-,9-,10+/m0/s1. The zero-order chi connectivity index (χ0) is 8.97. The Morgan fingerprint density at radius 2 is 2.33 bits per heavy atom. The number of nitriles is 1. The smallest absolute Gasteiger partial charge is 0.0672 e. The van der Waals surface area contributed by atoms with Gasteiger partial charge in [0.15, 0.2) is 0 Å². The van der Waals surface area contributed by atoms with E-state index in [1.165, 1.54) is 12.8 Å². The molecule has 0 aliphatic heterocycles. The Morgan fingerprint density at radius 3 is 2.92 bits per heavy atom. The second kappa shape index (κ2) is 4.47. The van der Waals surface area contributed by atoms with Gasteiger partial charge in [0, 0.05) is 12.1 Å². The number of nitrogens with zero attached hydrogens (tertiary/aromatic N) is 1. The molecule has 1 fully saturated rings. The number of hydrogen-bond acceptors (Lipinski definition) is 2. The monoisotopic (exact) mass is 166 g/mol. The topological polar surface area (TPSA) is 35.8 Å². The Hall–Kier alpha value is -0.550. The minimum atomic E-state index is 0.263. The minimum Gasteiger partial charge on any atom is -0.310 e. The van der Waals surface area contributed by atoms with Gasteiger partial charge in [-0.15, -0.1) is 0 Å². The van der Waals surface area contributed by atoms with Crippen LogP contribution in [0.3, 0.4) is 0 Å². The lowest BCUT2D eigenvalue weighted by Crippen LogP contribution is -2.38. The van der Waals surface area contributed by atoms with E-state index >= 15 is 0 Å². The second-order valence-electron chi connectivity index (χ2n) is 3.75. The highest BCUT2D eigenvalue weighted by molar-refractivity contribution is 4.96. The normalized spacial score (nSPS) is 31.4. The molecule has 2 heteroatoms. The number of hydrogen-bond donors (Lipinski definition) is 1. The predicted molar refractivity (Wildman–Crippen MR) is 49.6 cm³/mol. The molecule has 0 radical (unpaired) electrons. The van der Waals surface area contributed by atoms with Gasteiger partial charge in [-0.25, -0.2) is 0 Å². The molecule has 0 aromatic rings. The zero-order valence-corrected chi connectivity index (χ0v) is 8.01. The Labute approximate surface area is 75.0 Å². The van der Waals surface area contributed by atoms with Gasteiger partial charge in [-0.05, 0) is 26.2 Å². The van der Waals surface area contributed by atoms with Crippen LogP contribution in [0.1, 0.15) is 39.5 Å². The first-order valence-corrected chi connectivity index (χ1v) is 4.93. The summed E-state index contributed by atoms with van der Waals surface area (Å²) in [4.78, 5) is 0. The molecule has 0 amide bonds. The third-order valence-corrected chi connectivity index (χ3v) is 2.79. The first kappa shape index (κ1) is 9.54. The average molecular weight is 166 g/mol. The van der Waals surface area contributed by atoms with Crippen molar-refractivity contribution in [2.24, 2.45) is 5.92 Å². The van der Waals surface area contributed by atoms with E-state index in [2.05, 4.69) is 25.2 Å². The molecule has 1 rings (SSSR count). The van der Waals surface area contributed by atoms with Crippen molar-refractivity contribution in [1.82, 2.24) is 5.32 Å². The van der Waals surface area contributed by atoms with Gasteiger partial charge in [-0.2, -0.15) is 5.26 Å². The van der Waals surface area contributed by atoms with Crippen molar-refractivity contribution in [3.8, 4) is 6.07 Å². The van der Waals surface area contributed by atoms with Crippen LogP contribution in [0.2, 0.25) is 0 Å². The van der Waals surface area contributed by atoms with Gasteiger partial charge < -0.3 is 5.32 Å². The largest absolute Gasteiger partial charge is 0.310 e. The summed E-state index contributed by atoms with van der Waals surface area (Å²) < 4.78 is 0. The Bertz CT molecular complexity index is 171. The molecular weight excluding hydrogens is 148 g/mol. The summed E-state index contributed by atoms with van der Waals surface area (Å²) in [6, 6.07) is 3.40. The lowest BCUT2D eigenvalue weighted by Gasteiger charge is -2.20. The third-order valence-electron chi connectivity index (χ3n) is 2.79. The summed E-state index contributed by atoms with van der Waals surface area (Å²) in [6.07, 6.45) is 4.63. The second-order valence-corrected chi connectivity index (χ2v) is 3.75. The predicted octanol–water partition coefficient (Wildman–Crippen LogP) is 2.07. The Kier molecular flexibility index (Phi) is 3.55. The number of nitrogens with one attached hydrogen (secondary N) is 1. The SMILES string of the molecule is CC[C@H](C)N[C@@H]1CCC[C@H]1C#N. The minimum absolute atomic E-state index is 0.263. The molecule has 1 aliphatic carbocycles. The summed E-state index contributed by atoms with van der Waals surface area (Å²) in [5, 5.41) is 12.3. The van der Waals surface area contributed by atoms with E-state index < -0.39 is 0 Å². The van der Waals surface area contributed by atoms with E-state index in [4.69, 9.17) is 5.26 Å². The third kappa shape index (κ3) is 2.22. The fourth-order valence-electron chi connectivity index (χ4n) is 1.80. The molecule has 1 N–H and O–H groups in total. The highest BCUT2D eigenvalue weighted by Crippen LogP contribution is 2.25. The van der Waals surface area contributed by atoms with Gasteiger partial charge in [0.1, 0.15) is 0 Å². The average Bonchev–Trinajstić information content (AvgIpc) is 2.51. The van der Waals surface area contributed by atoms with Gasteiger partial charge in [0.25, 0.3) is 0 Å². The van der Waals surface area contributed by atoms with Crippen molar-refractivity contribution in [2.75, 3.05) is 0 Å². The van der Waals surface area contributed by atoms with E-state index in [9.17, 15) is 0 Å². The molecule has 1 saturated carbocycles. The lowest BCUT2D eigenvalue weighted by molar-refractivity contribution is 0.404. The van der Waals surface area contributed by atoms with Gasteiger partial charge in [-0.3, -0.25) is 0 Å². The van der Waals surface area contributed by atoms with Crippen molar-refractivity contribution in [3.05, 3.63) is 0 Å². The van der Waals surface area contributed by atoms with E-state index in [-0.39, 0.29) is 5.92 Å². The number of rotatable bonds is 3. The van der Waals surface area contributed by atoms with Crippen LogP contribution in [0, 0.1) is 17.2 Å². The van der Waals surface area contributed by atoms with Crippen LogP contribution in [0.15, 0.2) is 0 Å². The highest BCUT2D eigenvalue weighted by Gasteiger charge is 2.27. The van der Waals surface area contributed by atoms with Crippen molar-refractivity contribution >= 4 is 0 Å². The molecule has 1 aliphatic rings. The van der Waals surface area contributed by atoms with Crippen LogP contribution in [-0.4, -0.2) is 12.1 Å². The van der Waals surface area contributed by atoms with Crippen LogP contribution in [0.25, 0.3) is 0 Å². The van der Waals surface area contributed by atoms with Gasteiger partial charge in [0.2, 0.25) is 0 Å². The van der Waals surface area contributed by atoms with Crippen molar-refractivity contribution in [1.29, 1.82) is 5.26 Å². The molecule has 0 saturated heterocycles. The lowest BCUT2D eigenvalue weighted by atomic mass is 10.0. The molecule has 2 nitrogen and oxygen atoms in total. The van der Waals surface area contributed by atoms with Crippen molar-refractivity contribution in [2.45, 2.75) is 51.6 Å². The maximum atomic E-state index is 8.83. The molecule has 0 unspecified atom stereocenters. The zero-order valence-electron chi connectivity index (χ0n) is 8.01. The molecule has 12 heavy (non-hydrogen) atoms. The first-order chi connectivity index (χ1) is 5.77. The van der Waals surface area contributed by atoms with Crippen LogP contribution in [0.4, 0.5) is 0 Å². The summed E-state index contributed by atoms with van der Waals surface area (Å²) in [6.45, 7) is 4.36. The van der Waals surface area contributed by atoms with Crippen molar-refractivity contribution < 1.29 is 0 Å². The van der Waals surface area contributed by atoms with E-state index in [1.807, 2.05) is 0 Å². The van der Waals surface area contributed by atoms with E-state index in [0.29, 0.717) is 12.1 Å². The molecule has 0 aromatic carbocycles. The summed E-state index contributed by atoms with van der Waals surface area (Å²) >= 11 is 0. The van der Waals surface area contributed by atoms with Gasteiger partial charge in [-0.1, -0.05) is 13.3 Å².